The first-order chi connectivity index (χ1) is 10.7. The van der Waals surface area contributed by atoms with Crippen LogP contribution in [0.25, 0.3) is 0 Å². The molecule has 1 rings (SSSR count). The fourth-order valence-corrected chi connectivity index (χ4v) is 2.11. The monoisotopic (exact) mass is 307 g/mol. The molecule has 0 N–H and O–H groups in total. The van der Waals surface area contributed by atoms with Crippen molar-refractivity contribution in [1.82, 2.24) is 0 Å². The Morgan fingerprint density at radius 3 is 2.82 bits per heavy atom. The van der Waals surface area contributed by atoms with Crippen LogP contribution in [0, 0.1) is 19.4 Å². The predicted molar refractivity (Wildman–Crippen MR) is 86.1 cm³/mol. The van der Waals surface area contributed by atoms with Gasteiger partial charge in [-0.1, -0.05) is 50.8 Å². The molecule has 0 heterocycles. The number of hydrogen-bond acceptors (Lipinski definition) is 4. The van der Waals surface area contributed by atoms with E-state index in [1.54, 1.807) is 18.2 Å². The van der Waals surface area contributed by atoms with Crippen LogP contribution in [0.5, 0.6) is 0 Å². The summed E-state index contributed by atoms with van der Waals surface area (Å²) in [5.41, 5.74) is 1.47. The Morgan fingerprint density at radius 2 is 2.14 bits per heavy atom. The Labute approximate surface area is 133 Å². The van der Waals surface area contributed by atoms with Gasteiger partial charge >= 0.3 is 5.97 Å². The number of benzene rings is 1. The molecule has 0 saturated heterocycles. The third kappa shape index (κ3) is 7.57. The molecule has 0 aromatic heterocycles. The second-order valence-electron chi connectivity index (χ2n) is 5.46. The first-order valence-electron chi connectivity index (χ1n) is 8.01. The molecule has 0 aliphatic heterocycles. The van der Waals surface area contributed by atoms with Crippen molar-refractivity contribution >= 4 is 5.97 Å². The van der Waals surface area contributed by atoms with E-state index in [4.69, 9.17) is 14.5 Å². The van der Waals surface area contributed by atoms with Gasteiger partial charge in [-0.05, 0) is 31.4 Å². The molecule has 1 aromatic carbocycles. The van der Waals surface area contributed by atoms with Gasteiger partial charge in [0, 0.05) is 6.61 Å². The molecule has 0 aliphatic rings. The molecule has 0 spiro atoms. The molecule has 0 saturated carbocycles. The van der Waals surface area contributed by atoms with E-state index in [0.29, 0.717) is 24.7 Å². The smallest absolute Gasteiger partial charge is 0.373 e. The van der Waals surface area contributed by atoms with Crippen LogP contribution in [0.1, 0.15) is 55.5 Å². The molecule has 4 nitrogen and oxygen atoms in total. The van der Waals surface area contributed by atoms with Gasteiger partial charge < -0.3 is 4.74 Å². The van der Waals surface area contributed by atoms with Crippen molar-refractivity contribution in [2.75, 3.05) is 13.2 Å². The van der Waals surface area contributed by atoms with E-state index in [0.717, 1.165) is 12.0 Å². The zero-order chi connectivity index (χ0) is 16.2. The highest BCUT2D eigenvalue weighted by atomic mass is 17.2. The van der Waals surface area contributed by atoms with E-state index in [-0.39, 0.29) is 0 Å². The summed E-state index contributed by atoms with van der Waals surface area (Å²) >= 11 is 0. The van der Waals surface area contributed by atoms with E-state index >= 15 is 0 Å². The lowest BCUT2D eigenvalue weighted by Gasteiger charge is -2.14. The molecule has 22 heavy (non-hydrogen) atoms. The maximum atomic E-state index is 11.7. The normalized spacial score (nSPS) is 12.1. The molecule has 1 aromatic rings. The molecule has 123 valence electrons. The number of ether oxygens (including phenoxy) is 1. The van der Waals surface area contributed by atoms with Gasteiger partial charge in [-0.25, -0.2) is 4.79 Å². The highest BCUT2D eigenvalue weighted by Crippen LogP contribution is 2.13. The van der Waals surface area contributed by atoms with E-state index in [9.17, 15) is 4.79 Å². The summed E-state index contributed by atoms with van der Waals surface area (Å²) in [5.74, 6) is 0.0810. The minimum absolute atomic E-state index is 0.309. The average molecular weight is 307 g/mol. The minimum atomic E-state index is -0.505. The molecule has 4 heteroatoms. The van der Waals surface area contributed by atoms with Gasteiger partial charge in [0.1, 0.15) is 0 Å². The molecule has 0 fully saturated rings. The number of unbranched alkanes of at least 4 members (excludes halogenated alkanes) is 1. The van der Waals surface area contributed by atoms with Gasteiger partial charge in [0.05, 0.1) is 12.2 Å². The molecule has 0 amide bonds. The van der Waals surface area contributed by atoms with E-state index in [2.05, 4.69) is 13.8 Å². The molecular weight excluding hydrogens is 280 g/mol. The third-order valence-corrected chi connectivity index (χ3v) is 3.53. The van der Waals surface area contributed by atoms with Crippen molar-refractivity contribution in [3.8, 4) is 0 Å². The number of carbonyl (C=O) groups is 1. The average Bonchev–Trinajstić information content (AvgIpc) is 2.53. The number of carbonyl (C=O) groups excluding carboxylic acids is 1. The summed E-state index contributed by atoms with van der Waals surface area (Å²) in [6.45, 7) is 8.66. The van der Waals surface area contributed by atoms with Crippen LogP contribution in [0.3, 0.4) is 0 Å². The lowest BCUT2D eigenvalue weighted by molar-refractivity contribution is -0.218. The van der Waals surface area contributed by atoms with Gasteiger partial charge in [0.2, 0.25) is 0 Å². The first-order valence-corrected chi connectivity index (χ1v) is 8.01. The van der Waals surface area contributed by atoms with Gasteiger partial charge in [0.15, 0.2) is 6.61 Å². The number of rotatable bonds is 11. The van der Waals surface area contributed by atoms with Crippen molar-refractivity contribution < 1.29 is 19.3 Å². The molecule has 0 aliphatic carbocycles. The Balaban J connectivity index is 2.11. The molecule has 0 bridgehead atoms. The Kier molecular flexibility index (Phi) is 9.51. The van der Waals surface area contributed by atoms with Crippen LogP contribution in [0.2, 0.25) is 0 Å². The summed E-state index contributed by atoms with van der Waals surface area (Å²) < 4.78 is 5.52. The van der Waals surface area contributed by atoms with Crippen molar-refractivity contribution in [3.05, 3.63) is 42.0 Å². The molecular formula is C18H27O4. The Bertz CT molecular complexity index is 431. The summed E-state index contributed by atoms with van der Waals surface area (Å²) in [6, 6.07) is 7.16. The van der Waals surface area contributed by atoms with Crippen LogP contribution in [-0.2, 0) is 14.5 Å². The van der Waals surface area contributed by atoms with Crippen molar-refractivity contribution in [1.29, 1.82) is 0 Å². The largest absolute Gasteiger partial charge is 0.378 e. The highest BCUT2D eigenvalue weighted by Gasteiger charge is 2.09. The number of aryl methyl sites for hydroxylation is 1. The van der Waals surface area contributed by atoms with Crippen LogP contribution < -0.4 is 0 Å². The molecule has 1 atom stereocenters. The summed E-state index contributed by atoms with van der Waals surface area (Å²) in [7, 11) is 0. The van der Waals surface area contributed by atoms with E-state index in [1.807, 2.05) is 13.0 Å². The topological polar surface area (TPSA) is 44.8 Å². The highest BCUT2D eigenvalue weighted by molar-refractivity contribution is 5.89. The van der Waals surface area contributed by atoms with Crippen molar-refractivity contribution in [2.45, 2.75) is 46.5 Å². The maximum absolute atomic E-state index is 11.7. The Hall–Kier alpha value is -1.39. The predicted octanol–water partition coefficient (Wildman–Crippen LogP) is 4.48. The van der Waals surface area contributed by atoms with Crippen molar-refractivity contribution in [3.63, 3.8) is 0 Å². The number of hydrogen-bond donors (Lipinski definition) is 0. The van der Waals surface area contributed by atoms with Gasteiger partial charge in [-0.15, -0.1) is 0 Å². The summed E-state index contributed by atoms with van der Waals surface area (Å²) in [6.07, 6.45) is 4.75. The zero-order valence-corrected chi connectivity index (χ0v) is 13.8. The first kappa shape index (κ1) is 18.7. The van der Waals surface area contributed by atoms with E-state index in [1.165, 1.54) is 25.9 Å². The van der Waals surface area contributed by atoms with Crippen LogP contribution in [-0.4, -0.2) is 19.2 Å². The van der Waals surface area contributed by atoms with E-state index < -0.39 is 5.97 Å². The van der Waals surface area contributed by atoms with Crippen LogP contribution in [0.15, 0.2) is 24.3 Å². The molecule has 1 unspecified atom stereocenters. The SMILES string of the molecule is CCCCC(CC)COC[CH]OOC(=O)c1cccc(C)c1. The second-order valence-corrected chi connectivity index (χ2v) is 5.46. The lowest BCUT2D eigenvalue weighted by Crippen LogP contribution is -2.11. The van der Waals surface area contributed by atoms with Gasteiger partial charge in [0.25, 0.3) is 0 Å². The lowest BCUT2D eigenvalue weighted by atomic mass is 10.0. The fourth-order valence-electron chi connectivity index (χ4n) is 2.11. The zero-order valence-electron chi connectivity index (χ0n) is 13.8. The maximum Gasteiger partial charge on any atom is 0.373 e. The fraction of sp³-hybridized carbons (Fsp3) is 0.556. The summed E-state index contributed by atoms with van der Waals surface area (Å²) in [4.78, 5) is 21.2. The van der Waals surface area contributed by atoms with Gasteiger partial charge in [-0.3, -0.25) is 4.89 Å². The second kappa shape index (κ2) is 11.2. The summed E-state index contributed by atoms with van der Waals surface area (Å²) in [5, 5.41) is 0. The van der Waals surface area contributed by atoms with Crippen LogP contribution >= 0.6 is 0 Å². The van der Waals surface area contributed by atoms with Crippen molar-refractivity contribution in [2.24, 2.45) is 5.92 Å². The Morgan fingerprint density at radius 1 is 1.32 bits per heavy atom. The van der Waals surface area contributed by atoms with Gasteiger partial charge in [-0.2, -0.15) is 4.89 Å². The van der Waals surface area contributed by atoms with Crippen LogP contribution in [0.4, 0.5) is 0 Å². The standard InChI is InChI=1S/C18H27O4/c1-4-6-9-16(5-2)14-20-11-12-21-22-18(19)17-10-7-8-15(3)13-17/h7-8,10,12-13,16H,4-6,9,11,14H2,1-3H3. The minimum Gasteiger partial charge on any atom is -0.378 e. The quantitative estimate of drug-likeness (QED) is 0.343. The third-order valence-electron chi connectivity index (χ3n) is 3.53. The molecule has 1 radical (unpaired) electrons.